The van der Waals surface area contributed by atoms with Gasteiger partial charge in [0.15, 0.2) is 0 Å². The lowest BCUT2D eigenvalue weighted by atomic mass is 9.65. The van der Waals surface area contributed by atoms with Crippen molar-refractivity contribution in [2.24, 2.45) is 23.5 Å². The van der Waals surface area contributed by atoms with Crippen LogP contribution in [-0.4, -0.2) is 18.5 Å². The third-order valence-corrected chi connectivity index (χ3v) is 5.44. The molecule has 1 aromatic carbocycles. The molecule has 0 aromatic heterocycles. The van der Waals surface area contributed by atoms with Crippen LogP contribution in [0.4, 0.5) is 4.39 Å². The van der Waals surface area contributed by atoms with E-state index in [4.69, 9.17) is 5.73 Å². The van der Waals surface area contributed by atoms with Crippen molar-refractivity contribution >= 4 is 18.3 Å². The van der Waals surface area contributed by atoms with Crippen molar-refractivity contribution in [1.29, 1.82) is 0 Å². The standard InChI is InChI=1S/C18H25FN2O.ClH/c19-16-7-2-1-4-12(16)8-9-21-18(22)15-10-13-5-3-6-14(11-15)17(13)20;/h1-2,4,7,13-15,17H,3,5-6,8-11,20H2,(H,21,22);1H. The molecule has 2 unspecified atom stereocenters. The Labute approximate surface area is 143 Å². The van der Waals surface area contributed by atoms with E-state index in [0.29, 0.717) is 30.4 Å². The molecular weight excluding hydrogens is 315 g/mol. The van der Waals surface area contributed by atoms with E-state index in [1.807, 2.05) is 6.07 Å². The molecule has 2 fully saturated rings. The summed E-state index contributed by atoms with van der Waals surface area (Å²) in [6, 6.07) is 7.02. The second kappa shape index (κ2) is 8.11. The van der Waals surface area contributed by atoms with Gasteiger partial charge in [0.25, 0.3) is 0 Å². The van der Waals surface area contributed by atoms with Gasteiger partial charge in [-0.05, 0) is 55.6 Å². The molecule has 2 atom stereocenters. The molecule has 2 bridgehead atoms. The highest BCUT2D eigenvalue weighted by molar-refractivity contribution is 5.85. The van der Waals surface area contributed by atoms with Crippen LogP contribution in [0.2, 0.25) is 0 Å². The van der Waals surface area contributed by atoms with Gasteiger partial charge in [0.05, 0.1) is 0 Å². The first-order valence-electron chi connectivity index (χ1n) is 8.42. The van der Waals surface area contributed by atoms with E-state index >= 15 is 0 Å². The summed E-state index contributed by atoms with van der Waals surface area (Å²) in [5.41, 5.74) is 6.92. The van der Waals surface area contributed by atoms with Crippen molar-refractivity contribution in [1.82, 2.24) is 5.32 Å². The molecule has 1 amide bonds. The minimum Gasteiger partial charge on any atom is -0.356 e. The smallest absolute Gasteiger partial charge is 0.223 e. The molecule has 5 heteroatoms. The first kappa shape index (κ1) is 18.2. The second-order valence-electron chi connectivity index (χ2n) is 6.83. The molecule has 128 valence electrons. The number of amides is 1. The number of hydrogen-bond acceptors (Lipinski definition) is 2. The monoisotopic (exact) mass is 340 g/mol. The van der Waals surface area contributed by atoms with Crippen molar-refractivity contribution in [3.8, 4) is 0 Å². The highest BCUT2D eigenvalue weighted by atomic mass is 35.5. The fourth-order valence-electron chi connectivity index (χ4n) is 4.17. The van der Waals surface area contributed by atoms with Crippen LogP contribution in [0.25, 0.3) is 0 Å². The lowest BCUT2D eigenvalue weighted by molar-refractivity contribution is -0.127. The summed E-state index contributed by atoms with van der Waals surface area (Å²) in [5.74, 6) is 1.04. The second-order valence-corrected chi connectivity index (χ2v) is 6.83. The molecule has 0 heterocycles. The summed E-state index contributed by atoms with van der Waals surface area (Å²) < 4.78 is 13.5. The van der Waals surface area contributed by atoms with E-state index in [0.717, 1.165) is 25.7 Å². The van der Waals surface area contributed by atoms with Gasteiger partial charge in [-0.1, -0.05) is 24.6 Å². The van der Waals surface area contributed by atoms with Crippen LogP contribution in [0, 0.1) is 23.6 Å². The molecule has 0 spiro atoms. The minimum atomic E-state index is -0.199. The van der Waals surface area contributed by atoms with Gasteiger partial charge in [0.1, 0.15) is 5.82 Å². The van der Waals surface area contributed by atoms with Crippen LogP contribution in [0.5, 0.6) is 0 Å². The van der Waals surface area contributed by atoms with Crippen LogP contribution in [0.1, 0.15) is 37.7 Å². The Kier molecular flexibility index (Phi) is 6.42. The third-order valence-electron chi connectivity index (χ3n) is 5.44. The Balaban J connectivity index is 0.00000192. The lowest BCUT2D eigenvalue weighted by Crippen LogP contribution is -2.49. The molecule has 0 aliphatic heterocycles. The highest BCUT2D eigenvalue weighted by Crippen LogP contribution is 2.41. The molecule has 3 rings (SSSR count). The van der Waals surface area contributed by atoms with E-state index in [-0.39, 0.29) is 36.1 Å². The Morgan fingerprint density at radius 3 is 2.52 bits per heavy atom. The Morgan fingerprint density at radius 2 is 1.87 bits per heavy atom. The van der Waals surface area contributed by atoms with E-state index < -0.39 is 0 Å². The normalized spacial score (nSPS) is 29.5. The lowest BCUT2D eigenvalue weighted by Gasteiger charge is -2.43. The third kappa shape index (κ3) is 4.24. The van der Waals surface area contributed by atoms with Crippen molar-refractivity contribution in [2.45, 2.75) is 44.6 Å². The average Bonchev–Trinajstić information content (AvgIpc) is 2.49. The van der Waals surface area contributed by atoms with Crippen molar-refractivity contribution in [2.75, 3.05) is 6.54 Å². The van der Waals surface area contributed by atoms with Crippen molar-refractivity contribution in [3.63, 3.8) is 0 Å². The van der Waals surface area contributed by atoms with Gasteiger partial charge in [0, 0.05) is 18.5 Å². The summed E-state index contributed by atoms with van der Waals surface area (Å²) in [4.78, 5) is 12.4. The van der Waals surface area contributed by atoms with Gasteiger partial charge >= 0.3 is 0 Å². The minimum absolute atomic E-state index is 0. The van der Waals surface area contributed by atoms with Gasteiger partial charge in [-0.25, -0.2) is 4.39 Å². The maximum atomic E-state index is 13.5. The van der Waals surface area contributed by atoms with Crippen LogP contribution in [0.15, 0.2) is 24.3 Å². The quantitative estimate of drug-likeness (QED) is 0.885. The van der Waals surface area contributed by atoms with Gasteiger partial charge in [-0.3, -0.25) is 4.79 Å². The van der Waals surface area contributed by atoms with E-state index in [1.54, 1.807) is 12.1 Å². The number of carbonyl (C=O) groups is 1. The van der Waals surface area contributed by atoms with Gasteiger partial charge in [0.2, 0.25) is 5.91 Å². The summed E-state index contributed by atoms with van der Waals surface area (Å²) in [6.45, 7) is 0.498. The molecule has 23 heavy (non-hydrogen) atoms. The average molecular weight is 341 g/mol. The predicted octanol–water partition coefficient (Wildman–Crippen LogP) is 3.06. The zero-order valence-corrected chi connectivity index (χ0v) is 14.2. The zero-order chi connectivity index (χ0) is 15.5. The maximum Gasteiger partial charge on any atom is 0.223 e. The molecule has 2 saturated carbocycles. The topological polar surface area (TPSA) is 55.1 Å². The zero-order valence-electron chi connectivity index (χ0n) is 13.3. The predicted molar refractivity (Wildman–Crippen MR) is 91.9 cm³/mol. The number of nitrogens with one attached hydrogen (secondary N) is 1. The summed E-state index contributed by atoms with van der Waals surface area (Å²) in [7, 11) is 0. The Hall–Kier alpha value is -1.13. The number of benzene rings is 1. The summed E-state index contributed by atoms with van der Waals surface area (Å²) in [6.07, 6.45) is 5.96. The van der Waals surface area contributed by atoms with Gasteiger partial charge in [-0.2, -0.15) is 0 Å². The van der Waals surface area contributed by atoms with Crippen molar-refractivity contribution < 1.29 is 9.18 Å². The van der Waals surface area contributed by atoms with E-state index in [2.05, 4.69) is 5.32 Å². The SMILES string of the molecule is Cl.NC1C2CCCC1CC(C(=O)NCCc1ccccc1F)C2. The largest absolute Gasteiger partial charge is 0.356 e. The molecule has 2 aliphatic carbocycles. The fourth-order valence-corrected chi connectivity index (χ4v) is 4.17. The molecule has 0 radical (unpaired) electrons. The van der Waals surface area contributed by atoms with E-state index in [1.165, 1.54) is 12.5 Å². The highest BCUT2D eigenvalue weighted by Gasteiger charge is 2.40. The number of rotatable bonds is 4. The first-order valence-corrected chi connectivity index (χ1v) is 8.42. The molecule has 0 saturated heterocycles. The van der Waals surface area contributed by atoms with Crippen LogP contribution in [0.3, 0.4) is 0 Å². The van der Waals surface area contributed by atoms with Crippen LogP contribution < -0.4 is 11.1 Å². The van der Waals surface area contributed by atoms with Gasteiger partial charge < -0.3 is 11.1 Å². The Bertz CT molecular complexity index is 526. The molecule has 2 aliphatic rings. The number of halogens is 2. The first-order chi connectivity index (χ1) is 10.6. The van der Waals surface area contributed by atoms with Crippen LogP contribution in [-0.2, 0) is 11.2 Å². The van der Waals surface area contributed by atoms with E-state index in [9.17, 15) is 9.18 Å². The van der Waals surface area contributed by atoms with Crippen molar-refractivity contribution in [3.05, 3.63) is 35.6 Å². The molecule has 1 aromatic rings. The fraction of sp³-hybridized carbons (Fsp3) is 0.611. The Morgan fingerprint density at radius 1 is 1.22 bits per heavy atom. The number of nitrogens with two attached hydrogens (primary N) is 1. The summed E-state index contributed by atoms with van der Waals surface area (Å²) in [5, 5.41) is 2.99. The molecular formula is C18H26ClFN2O. The van der Waals surface area contributed by atoms with Crippen LogP contribution >= 0.6 is 12.4 Å². The number of fused-ring (bicyclic) bond motifs is 2. The summed E-state index contributed by atoms with van der Waals surface area (Å²) >= 11 is 0. The number of hydrogen-bond donors (Lipinski definition) is 2. The molecule has 3 nitrogen and oxygen atoms in total. The van der Waals surface area contributed by atoms with Gasteiger partial charge in [-0.15, -0.1) is 12.4 Å². The maximum absolute atomic E-state index is 13.5. The molecule has 3 N–H and O–H groups in total. The number of carbonyl (C=O) groups excluding carboxylic acids is 1.